The van der Waals surface area contributed by atoms with Crippen LogP contribution < -0.4 is 0 Å². The summed E-state index contributed by atoms with van der Waals surface area (Å²) >= 11 is 0. The Morgan fingerprint density at radius 1 is 0.905 bits per heavy atom. The van der Waals surface area contributed by atoms with Crippen molar-refractivity contribution in [3.05, 3.63) is 35.9 Å². The maximum atomic E-state index is 12.1. The van der Waals surface area contributed by atoms with Gasteiger partial charge in [-0.25, -0.2) is 19.3 Å². The van der Waals surface area contributed by atoms with E-state index in [9.17, 15) is 14.4 Å². The van der Waals surface area contributed by atoms with Crippen molar-refractivity contribution in [1.82, 2.24) is 5.23 Å². The van der Waals surface area contributed by atoms with Crippen LogP contribution in [0, 0.1) is 0 Å². The molecule has 0 aromatic heterocycles. The SMILES string of the molecule is COC(=O)CON(OCC(=O)OC)C(=O)c1ccccc1. The molecule has 0 spiro atoms. The molecule has 8 heteroatoms. The molecule has 0 saturated carbocycles. The lowest BCUT2D eigenvalue weighted by atomic mass is 10.2. The van der Waals surface area contributed by atoms with Gasteiger partial charge < -0.3 is 9.47 Å². The molecule has 0 saturated heterocycles. The van der Waals surface area contributed by atoms with E-state index in [0.717, 1.165) is 0 Å². The van der Waals surface area contributed by atoms with Gasteiger partial charge in [-0.05, 0) is 12.1 Å². The molecular formula is C13H15NO7. The Hall–Kier alpha value is -2.45. The fraction of sp³-hybridized carbons (Fsp3) is 0.308. The van der Waals surface area contributed by atoms with Crippen LogP contribution in [0.5, 0.6) is 0 Å². The summed E-state index contributed by atoms with van der Waals surface area (Å²) < 4.78 is 8.77. The number of methoxy groups -OCH3 is 2. The average Bonchev–Trinajstić information content (AvgIpc) is 2.54. The fourth-order valence-corrected chi connectivity index (χ4v) is 1.18. The molecule has 0 unspecified atom stereocenters. The molecule has 1 aromatic rings. The van der Waals surface area contributed by atoms with Crippen molar-refractivity contribution in [1.29, 1.82) is 0 Å². The maximum absolute atomic E-state index is 12.1. The molecule has 21 heavy (non-hydrogen) atoms. The van der Waals surface area contributed by atoms with Crippen LogP contribution in [0.1, 0.15) is 10.4 Å². The van der Waals surface area contributed by atoms with Crippen molar-refractivity contribution in [2.24, 2.45) is 0 Å². The van der Waals surface area contributed by atoms with E-state index in [0.29, 0.717) is 5.23 Å². The van der Waals surface area contributed by atoms with E-state index in [1.807, 2.05) is 0 Å². The van der Waals surface area contributed by atoms with Gasteiger partial charge in [-0.3, -0.25) is 4.79 Å². The summed E-state index contributed by atoms with van der Waals surface area (Å²) in [7, 11) is 2.34. The Morgan fingerprint density at radius 2 is 1.38 bits per heavy atom. The van der Waals surface area contributed by atoms with E-state index < -0.39 is 31.1 Å². The monoisotopic (exact) mass is 297 g/mol. The van der Waals surface area contributed by atoms with Crippen molar-refractivity contribution >= 4 is 17.8 Å². The largest absolute Gasteiger partial charge is 0.467 e. The molecule has 0 heterocycles. The number of hydroxylamine groups is 2. The fourth-order valence-electron chi connectivity index (χ4n) is 1.18. The highest BCUT2D eigenvalue weighted by molar-refractivity contribution is 5.93. The Morgan fingerprint density at radius 3 is 1.81 bits per heavy atom. The number of esters is 2. The summed E-state index contributed by atoms with van der Waals surface area (Å²) in [4.78, 5) is 44.0. The van der Waals surface area contributed by atoms with E-state index in [2.05, 4.69) is 9.47 Å². The van der Waals surface area contributed by atoms with Crippen molar-refractivity contribution in [2.45, 2.75) is 0 Å². The normalized spacial score (nSPS) is 9.81. The zero-order valence-electron chi connectivity index (χ0n) is 11.6. The molecule has 0 radical (unpaired) electrons. The molecule has 0 atom stereocenters. The molecule has 1 rings (SSSR count). The predicted octanol–water partition coefficient (Wildman–Crippen LogP) is 0.338. The molecule has 1 aromatic carbocycles. The topological polar surface area (TPSA) is 91.4 Å². The van der Waals surface area contributed by atoms with Crippen molar-refractivity contribution in [3.63, 3.8) is 0 Å². The third kappa shape index (κ3) is 5.59. The summed E-state index contributed by atoms with van der Waals surface area (Å²) in [6.45, 7) is -1.09. The van der Waals surface area contributed by atoms with Crippen molar-refractivity contribution < 1.29 is 33.5 Å². The lowest BCUT2D eigenvalue weighted by Crippen LogP contribution is -2.35. The molecule has 8 nitrogen and oxygen atoms in total. The van der Waals surface area contributed by atoms with Gasteiger partial charge >= 0.3 is 17.8 Å². The Labute approximate surface area is 121 Å². The Kier molecular flexibility index (Phi) is 6.85. The summed E-state index contributed by atoms with van der Waals surface area (Å²) in [6.07, 6.45) is 0. The molecule has 114 valence electrons. The molecule has 0 N–H and O–H groups in total. The summed E-state index contributed by atoms with van der Waals surface area (Å²) in [5.74, 6) is -2.09. The van der Waals surface area contributed by atoms with Gasteiger partial charge in [0.2, 0.25) is 0 Å². The Balaban J connectivity index is 2.72. The first-order valence-electron chi connectivity index (χ1n) is 5.87. The zero-order valence-corrected chi connectivity index (χ0v) is 11.6. The lowest BCUT2D eigenvalue weighted by Gasteiger charge is -2.19. The summed E-state index contributed by atoms with van der Waals surface area (Å²) in [5, 5.41) is 0.448. The quantitative estimate of drug-likeness (QED) is 0.529. The highest BCUT2D eigenvalue weighted by Crippen LogP contribution is 2.06. The van der Waals surface area contributed by atoms with E-state index in [1.54, 1.807) is 18.2 Å². The third-order valence-corrected chi connectivity index (χ3v) is 2.24. The number of ether oxygens (including phenoxy) is 2. The van der Waals surface area contributed by atoms with Crippen LogP contribution in [0.2, 0.25) is 0 Å². The first-order valence-corrected chi connectivity index (χ1v) is 5.87. The van der Waals surface area contributed by atoms with Gasteiger partial charge in [0.1, 0.15) is 0 Å². The van der Waals surface area contributed by atoms with Crippen LogP contribution in [-0.4, -0.2) is 50.5 Å². The van der Waals surface area contributed by atoms with E-state index in [-0.39, 0.29) is 5.56 Å². The zero-order chi connectivity index (χ0) is 15.7. The third-order valence-electron chi connectivity index (χ3n) is 2.24. The number of hydrogen-bond acceptors (Lipinski definition) is 7. The van der Waals surface area contributed by atoms with Gasteiger partial charge in [0.05, 0.1) is 14.2 Å². The van der Waals surface area contributed by atoms with Crippen LogP contribution in [0.15, 0.2) is 30.3 Å². The number of benzene rings is 1. The predicted molar refractivity (Wildman–Crippen MR) is 68.5 cm³/mol. The molecule has 1 amide bonds. The van der Waals surface area contributed by atoms with Crippen LogP contribution in [0.4, 0.5) is 0 Å². The van der Waals surface area contributed by atoms with E-state index in [1.165, 1.54) is 26.4 Å². The average molecular weight is 297 g/mol. The molecular weight excluding hydrogens is 282 g/mol. The Bertz CT molecular complexity index is 469. The number of rotatable bonds is 7. The minimum atomic E-state index is -0.706. The van der Waals surface area contributed by atoms with Crippen LogP contribution in [-0.2, 0) is 28.7 Å². The molecule has 0 fully saturated rings. The van der Waals surface area contributed by atoms with Gasteiger partial charge in [0.25, 0.3) is 0 Å². The number of nitrogens with zero attached hydrogens (tertiary/aromatic N) is 1. The van der Waals surface area contributed by atoms with Crippen LogP contribution >= 0.6 is 0 Å². The second kappa shape index (κ2) is 8.67. The van der Waals surface area contributed by atoms with Gasteiger partial charge in [-0.2, -0.15) is 0 Å². The van der Waals surface area contributed by atoms with Crippen LogP contribution in [0.25, 0.3) is 0 Å². The maximum Gasteiger partial charge on any atom is 0.334 e. The smallest absolute Gasteiger partial charge is 0.334 e. The van der Waals surface area contributed by atoms with Crippen LogP contribution in [0.3, 0.4) is 0 Å². The van der Waals surface area contributed by atoms with Gasteiger partial charge in [0.15, 0.2) is 13.2 Å². The first-order chi connectivity index (χ1) is 10.1. The minimum absolute atomic E-state index is 0.257. The summed E-state index contributed by atoms with van der Waals surface area (Å²) in [6, 6.07) is 8.07. The second-order valence-corrected chi connectivity index (χ2v) is 3.63. The van der Waals surface area contributed by atoms with Gasteiger partial charge in [-0.15, -0.1) is 0 Å². The highest BCUT2D eigenvalue weighted by atomic mass is 17.0. The lowest BCUT2D eigenvalue weighted by molar-refractivity contribution is -0.323. The number of carbonyl (C=O) groups is 3. The second-order valence-electron chi connectivity index (χ2n) is 3.63. The van der Waals surface area contributed by atoms with E-state index in [4.69, 9.17) is 9.68 Å². The molecule has 0 bridgehead atoms. The van der Waals surface area contributed by atoms with Gasteiger partial charge in [0, 0.05) is 5.56 Å². The molecule has 0 aliphatic carbocycles. The molecule has 0 aliphatic rings. The van der Waals surface area contributed by atoms with Crippen molar-refractivity contribution in [3.8, 4) is 0 Å². The molecule has 0 aliphatic heterocycles. The standard InChI is InChI=1S/C13H15NO7/c1-18-11(15)8-20-14(21-9-12(16)19-2)13(17)10-6-4-3-5-7-10/h3-7H,8-9H2,1-2H3. The number of hydrogen-bond donors (Lipinski definition) is 0. The minimum Gasteiger partial charge on any atom is -0.467 e. The highest BCUT2D eigenvalue weighted by Gasteiger charge is 2.21. The van der Waals surface area contributed by atoms with E-state index >= 15 is 0 Å². The van der Waals surface area contributed by atoms with Crippen molar-refractivity contribution in [2.75, 3.05) is 27.4 Å². The van der Waals surface area contributed by atoms with Gasteiger partial charge in [-0.1, -0.05) is 23.4 Å². The number of carbonyl (C=O) groups excluding carboxylic acids is 3. The first kappa shape index (κ1) is 16.6. The number of amides is 1. The summed E-state index contributed by atoms with van der Waals surface area (Å²) in [5.41, 5.74) is 0.257.